The first-order valence-electron chi connectivity index (χ1n) is 7.92. The molecule has 4 aromatic rings. The number of hydrogen-bond acceptors (Lipinski definition) is 2. The number of benzene rings is 2. The summed E-state index contributed by atoms with van der Waals surface area (Å²) in [5, 5.41) is 2.92. The number of pyridine rings is 1. The molecule has 0 saturated heterocycles. The summed E-state index contributed by atoms with van der Waals surface area (Å²) in [6.45, 7) is 0. The van der Waals surface area contributed by atoms with Crippen molar-refractivity contribution in [1.29, 1.82) is 0 Å². The van der Waals surface area contributed by atoms with Crippen molar-refractivity contribution in [2.75, 3.05) is 5.32 Å². The van der Waals surface area contributed by atoms with Crippen LogP contribution in [-0.2, 0) is 0 Å². The Balaban J connectivity index is 1.81. The van der Waals surface area contributed by atoms with Crippen LogP contribution < -0.4 is 5.32 Å². The first-order valence-corrected chi connectivity index (χ1v) is 8.30. The highest BCUT2D eigenvalue weighted by Gasteiger charge is 2.18. The molecule has 0 aliphatic heterocycles. The van der Waals surface area contributed by atoms with Gasteiger partial charge >= 0.3 is 0 Å². The zero-order valence-corrected chi connectivity index (χ0v) is 14.2. The van der Waals surface area contributed by atoms with Gasteiger partial charge < -0.3 is 5.32 Å². The number of carbonyl (C=O) groups is 1. The van der Waals surface area contributed by atoms with Gasteiger partial charge in [0.1, 0.15) is 23.0 Å². The van der Waals surface area contributed by atoms with Crippen LogP contribution in [0.25, 0.3) is 16.9 Å². The zero-order chi connectivity index (χ0) is 18.1. The molecule has 128 valence electrons. The van der Waals surface area contributed by atoms with Crippen LogP contribution >= 0.6 is 11.6 Å². The molecular weight excluding hydrogens is 353 g/mol. The SMILES string of the molecule is O=C(Nc1c(-c2ccccc2)nc2ccccn12)c1ccc(F)cc1Cl. The van der Waals surface area contributed by atoms with E-state index in [0.717, 1.165) is 11.6 Å². The number of nitrogens with zero attached hydrogens (tertiary/aromatic N) is 2. The number of imidazole rings is 1. The van der Waals surface area contributed by atoms with E-state index in [1.54, 1.807) is 4.40 Å². The molecule has 0 bridgehead atoms. The summed E-state index contributed by atoms with van der Waals surface area (Å²) < 4.78 is 15.0. The van der Waals surface area contributed by atoms with Gasteiger partial charge in [0, 0.05) is 11.8 Å². The lowest BCUT2D eigenvalue weighted by Gasteiger charge is -2.09. The van der Waals surface area contributed by atoms with Gasteiger partial charge in [-0.15, -0.1) is 0 Å². The van der Waals surface area contributed by atoms with E-state index in [-0.39, 0.29) is 10.6 Å². The van der Waals surface area contributed by atoms with Gasteiger partial charge in [0.15, 0.2) is 0 Å². The molecule has 0 unspecified atom stereocenters. The van der Waals surface area contributed by atoms with Crippen LogP contribution in [0.3, 0.4) is 0 Å². The molecular formula is C20H13ClFN3O. The maximum Gasteiger partial charge on any atom is 0.258 e. The Morgan fingerprint density at radius 3 is 2.58 bits per heavy atom. The van der Waals surface area contributed by atoms with E-state index in [4.69, 9.17) is 11.6 Å². The van der Waals surface area contributed by atoms with Crippen molar-refractivity contribution in [2.24, 2.45) is 0 Å². The van der Waals surface area contributed by atoms with Crippen molar-refractivity contribution < 1.29 is 9.18 Å². The van der Waals surface area contributed by atoms with E-state index < -0.39 is 11.7 Å². The van der Waals surface area contributed by atoms with Crippen LogP contribution in [0.4, 0.5) is 10.2 Å². The number of carbonyl (C=O) groups excluding carboxylic acids is 1. The Morgan fingerprint density at radius 2 is 1.81 bits per heavy atom. The first kappa shape index (κ1) is 16.3. The molecule has 2 heterocycles. The standard InChI is InChI=1S/C20H13ClFN3O/c21-16-12-14(22)9-10-15(16)20(26)24-19-18(13-6-2-1-3-7-13)23-17-8-4-5-11-25(17)19/h1-12H,(H,24,26). The molecule has 2 aromatic carbocycles. The highest BCUT2D eigenvalue weighted by molar-refractivity contribution is 6.34. The molecule has 0 atom stereocenters. The van der Waals surface area contributed by atoms with Crippen molar-refractivity contribution in [3.63, 3.8) is 0 Å². The number of anilines is 1. The molecule has 0 saturated carbocycles. The van der Waals surface area contributed by atoms with E-state index in [2.05, 4.69) is 10.3 Å². The second-order valence-corrected chi connectivity index (χ2v) is 6.09. The summed E-state index contributed by atoms with van der Waals surface area (Å²) in [7, 11) is 0. The van der Waals surface area contributed by atoms with E-state index in [1.165, 1.54) is 12.1 Å². The van der Waals surface area contributed by atoms with Crippen molar-refractivity contribution >= 4 is 29.0 Å². The fourth-order valence-corrected chi connectivity index (χ4v) is 3.01. The Morgan fingerprint density at radius 1 is 1.04 bits per heavy atom. The highest BCUT2D eigenvalue weighted by Crippen LogP contribution is 2.29. The molecule has 26 heavy (non-hydrogen) atoms. The molecule has 6 heteroatoms. The van der Waals surface area contributed by atoms with Gasteiger partial charge in [0.2, 0.25) is 0 Å². The molecule has 0 spiro atoms. The number of halogens is 2. The van der Waals surface area contributed by atoms with Gasteiger partial charge in [-0.2, -0.15) is 0 Å². The third kappa shape index (κ3) is 2.93. The average Bonchev–Trinajstić information content (AvgIpc) is 3.01. The predicted octanol–water partition coefficient (Wildman–Crippen LogP) is 5.05. The van der Waals surface area contributed by atoms with Crippen molar-refractivity contribution in [3.8, 4) is 11.3 Å². The van der Waals surface area contributed by atoms with Crippen LogP contribution in [0.5, 0.6) is 0 Å². The number of hydrogen-bond donors (Lipinski definition) is 1. The topological polar surface area (TPSA) is 46.4 Å². The minimum atomic E-state index is -0.494. The number of nitrogens with one attached hydrogen (secondary N) is 1. The fourth-order valence-electron chi connectivity index (χ4n) is 2.76. The zero-order valence-electron chi connectivity index (χ0n) is 13.5. The van der Waals surface area contributed by atoms with E-state index in [9.17, 15) is 9.18 Å². The van der Waals surface area contributed by atoms with Gasteiger partial charge in [-0.25, -0.2) is 9.37 Å². The van der Waals surface area contributed by atoms with Crippen LogP contribution in [0.1, 0.15) is 10.4 Å². The minimum absolute atomic E-state index is 0.0533. The number of rotatable bonds is 3. The Kier molecular flexibility index (Phi) is 4.14. The molecule has 1 amide bonds. The van der Waals surface area contributed by atoms with Crippen LogP contribution in [0.2, 0.25) is 5.02 Å². The Bertz CT molecular complexity index is 1110. The van der Waals surface area contributed by atoms with Crippen LogP contribution in [0.15, 0.2) is 72.9 Å². The van der Waals surface area contributed by atoms with Crippen molar-refractivity contribution in [2.45, 2.75) is 0 Å². The van der Waals surface area contributed by atoms with Crippen molar-refractivity contribution in [3.05, 3.63) is 89.3 Å². The maximum atomic E-state index is 13.3. The monoisotopic (exact) mass is 365 g/mol. The highest BCUT2D eigenvalue weighted by atomic mass is 35.5. The smallest absolute Gasteiger partial charge is 0.258 e. The summed E-state index contributed by atoms with van der Waals surface area (Å²) in [5.74, 6) is -0.402. The molecule has 2 aromatic heterocycles. The summed E-state index contributed by atoms with van der Waals surface area (Å²) in [4.78, 5) is 17.3. The fraction of sp³-hybridized carbons (Fsp3) is 0. The van der Waals surface area contributed by atoms with Gasteiger partial charge in [-0.1, -0.05) is 48.0 Å². The summed E-state index contributed by atoms with van der Waals surface area (Å²) in [6, 6.07) is 18.8. The molecule has 0 aliphatic carbocycles. The normalized spacial score (nSPS) is 10.8. The van der Waals surface area contributed by atoms with E-state index in [0.29, 0.717) is 17.2 Å². The lowest BCUT2D eigenvalue weighted by atomic mass is 10.1. The second kappa shape index (κ2) is 6.61. The Labute approximate surface area is 153 Å². The number of amides is 1. The van der Waals surface area contributed by atoms with Gasteiger partial charge in [0.05, 0.1) is 10.6 Å². The van der Waals surface area contributed by atoms with E-state index >= 15 is 0 Å². The second-order valence-electron chi connectivity index (χ2n) is 5.68. The molecule has 1 N–H and O–H groups in total. The molecule has 0 fully saturated rings. The predicted molar refractivity (Wildman–Crippen MR) is 100.0 cm³/mol. The molecule has 0 aliphatic rings. The Hall–Kier alpha value is -3.18. The van der Waals surface area contributed by atoms with Crippen LogP contribution in [0, 0.1) is 5.82 Å². The maximum absolute atomic E-state index is 13.3. The number of aromatic nitrogens is 2. The lowest BCUT2D eigenvalue weighted by Crippen LogP contribution is -2.14. The minimum Gasteiger partial charge on any atom is -0.306 e. The number of fused-ring (bicyclic) bond motifs is 1. The van der Waals surface area contributed by atoms with Crippen molar-refractivity contribution in [1.82, 2.24) is 9.38 Å². The summed E-state index contributed by atoms with van der Waals surface area (Å²) >= 11 is 6.02. The van der Waals surface area contributed by atoms with Gasteiger partial charge in [-0.05, 0) is 30.3 Å². The molecule has 4 nitrogen and oxygen atoms in total. The van der Waals surface area contributed by atoms with Gasteiger partial charge in [-0.3, -0.25) is 9.20 Å². The first-order chi connectivity index (χ1) is 12.6. The third-order valence-corrected chi connectivity index (χ3v) is 4.30. The quantitative estimate of drug-likeness (QED) is 0.552. The third-order valence-electron chi connectivity index (χ3n) is 3.98. The lowest BCUT2D eigenvalue weighted by molar-refractivity contribution is 0.102. The van der Waals surface area contributed by atoms with Gasteiger partial charge in [0.25, 0.3) is 5.91 Å². The van der Waals surface area contributed by atoms with E-state index in [1.807, 2.05) is 54.7 Å². The average molecular weight is 366 g/mol. The molecule has 0 radical (unpaired) electrons. The summed E-state index contributed by atoms with van der Waals surface area (Å²) in [6.07, 6.45) is 1.82. The molecule has 4 rings (SSSR count). The largest absolute Gasteiger partial charge is 0.306 e. The van der Waals surface area contributed by atoms with Crippen LogP contribution in [-0.4, -0.2) is 15.3 Å². The summed E-state index contributed by atoms with van der Waals surface area (Å²) in [5.41, 5.74) is 2.41.